The average Bonchev–Trinajstić information content (AvgIpc) is 2.20. The topological polar surface area (TPSA) is 24.5 Å². The molecule has 15 heavy (non-hydrogen) atoms. The number of rotatable bonds is 9. The molecule has 92 valence electrons. The molecule has 3 nitrogen and oxygen atoms in total. The van der Waals surface area contributed by atoms with Crippen molar-refractivity contribution in [2.24, 2.45) is 5.92 Å². The predicted octanol–water partition coefficient (Wildman–Crippen LogP) is 1.59. The summed E-state index contributed by atoms with van der Waals surface area (Å²) in [5, 5.41) is 3.54. The van der Waals surface area contributed by atoms with Crippen molar-refractivity contribution in [2.45, 2.75) is 33.2 Å². The van der Waals surface area contributed by atoms with E-state index in [9.17, 15) is 0 Å². The number of hydrogen-bond acceptors (Lipinski definition) is 3. The maximum absolute atomic E-state index is 5.03. The third kappa shape index (κ3) is 8.85. The lowest BCUT2D eigenvalue weighted by atomic mass is 10.1. The molecule has 0 radical (unpaired) electrons. The van der Waals surface area contributed by atoms with Crippen LogP contribution in [-0.2, 0) is 4.74 Å². The third-order valence-corrected chi connectivity index (χ3v) is 2.86. The Bertz CT molecular complexity index is 140. The quantitative estimate of drug-likeness (QED) is 0.592. The van der Waals surface area contributed by atoms with Gasteiger partial charge in [0, 0.05) is 19.7 Å². The molecule has 0 saturated heterocycles. The van der Waals surface area contributed by atoms with E-state index in [1.807, 2.05) is 0 Å². The Labute approximate surface area is 95.2 Å². The van der Waals surface area contributed by atoms with Gasteiger partial charge in [0.15, 0.2) is 0 Å². The molecule has 0 aliphatic carbocycles. The highest BCUT2D eigenvalue weighted by atomic mass is 16.5. The van der Waals surface area contributed by atoms with Crippen molar-refractivity contribution in [3.63, 3.8) is 0 Å². The van der Waals surface area contributed by atoms with Crippen LogP contribution in [0.1, 0.15) is 27.2 Å². The Morgan fingerprint density at radius 3 is 2.40 bits per heavy atom. The summed E-state index contributed by atoms with van der Waals surface area (Å²) in [5.74, 6) is 0.719. The van der Waals surface area contributed by atoms with Gasteiger partial charge >= 0.3 is 0 Å². The molecule has 1 atom stereocenters. The van der Waals surface area contributed by atoms with E-state index in [0.29, 0.717) is 6.04 Å². The van der Waals surface area contributed by atoms with Crippen LogP contribution in [0.2, 0.25) is 0 Å². The van der Waals surface area contributed by atoms with Crippen molar-refractivity contribution in [2.75, 3.05) is 40.4 Å². The lowest BCUT2D eigenvalue weighted by Crippen LogP contribution is -2.33. The van der Waals surface area contributed by atoms with E-state index in [0.717, 1.165) is 32.2 Å². The predicted molar refractivity (Wildman–Crippen MR) is 66.3 cm³/mol. The molecule has 0 saturated carbocycles. The first-order valence-corrected chi connectivity index (χ1v) is 5.98. The molecule has 0 amide bonds. The molecule has 0 heterocycles. The van der Waals surface area contributed by atoms with Gasteiger partial charge in [-0.3, -0.25) is 0 Å². The minimum atomic E-state index is 0.620. The molecule has 1 N–H and O–H groups in total. The number of ether oxygens (including phenoxy) is 1. The van der Waals surface area contributed by atoms with Crippen LogP contribution in [0.4, 0.5) is 0 Å². The molecule has 0 aromatic heterocycles. The number of nitrogens with one attached hydrogen (secondary N) is 1. The lowest BCUT2D eigenvalue weighted by Gasteiger charge is -2.19. The first kappa shape index (κ1) is 14.9. The minimum Gasteiger partial charge on any atom is -0.383 e. The molecule has 0 aliphatic heterocycles. The molecule has 0 rings (SSSR count). The number of nitrogens with zero attached hydrogens (tertiary/aromatic N) is 1. The first-order chi connectivity index (χ1) is 7.07. The van der Waals surface area contributed by atoms with E-state index in [1.165, 1.54) is 6.42 Å². The van der Waals surface area contributed by atoms with Gasteiger partial charge in [-0.25, -0.2) is 0 Å². The highest BCUT2D eigenvalue weighted by Gasteiger charge is 2.05. The zero-order chi connectivity index (χ0) is 11.7. The first-order valence-electron chi connectivity index (χ1n) is 5.98. The summed E-state index contributed by atoms with van der Waals surface area (Å²) in [5.41, 5.74) is 0. The zero-order valence-corrected chi connectivity index (χ0v) is 11.0. The van der Waals surface area contributed by atoms with Gasteiger partial charge in [0.1, 0.15) is 0 Å². The van der Waals surface area contributed by atoms with Crippen LogP contribution in [0.3, 0.4) is 0 Å². The minimum absolute atomic E-state index is 0.620. The van der Waals surface area contributed by atoms with Crippen LogP contribution >= 0.6 is 0 Å². The van der Waals surface area contributed by atoms with Crippen molar-refractivity contribution in [1.29, 1.82) is 0 Å². The van der Waals surface area contributed by atoms with Gasteiger partial charge in [-0.15, -0.1) is 0 Å². The number of methoxy groups -OCH3 is 1. The fourth-order valence-corrected chi connectivity index (χ4v) is 1.27. The highest BCUT2D eigenvalue weighted by Crippen LogP contribution is 1.99. The van der Waals surface area contributed by atoms with Gasteiger partial charge in [0.2, 0.25) is 0 Å². The molecule has 0 aromatic carbocycles. The SMILES string of the molecule is COCCN(C)CCCNC(C)C(C)C. The Hall–Kier alpha value is -0.120. The monoisotopic (exact) mass is 216 g/mol. The van der Waals surface area contributed by atoms with Gasteiger partial charge in [0.05, 0.1) is 6.61 Å². The van der Waals surface area contributed by atoms with Crippen molar-refractivity contribution in [3.05, 3.63) is 0 Å². The fraction of sp³-hybridized carbons (Fsp3) is 1.00. The third-order valence-electron chi connectivity index (χ3n) is 2.86. The zero-order valence-electron chi connectivity index (χ0n) is 11.0. The standard InChI is InChI=1S/C12H28N2O/c1-11(2)12(3)13-7-6-8-14(4)9-10-15-5/h11-13H,6-10H2,1-5H3. The molecular formula is C12H28N2O. The van der Waals surface area contributed by atoms with Crippen molar-refractivity contribution in [1.82, 2.24) is 10.2 Å². The van der Waals surface area contributed by atoms with Crippen LogP contribution in [-0.4, -0.2) is 51.3 Å². The summed E-state index contributed by atoms with van der Waals surface area (Å²) >= 11 is 0. The van der Waals surface area contributed by atoms with Crippen LogP contribution in [0.5, 0.6) is 0 Å². The van der Waals surface area contributed by atoms with E-state index < -0.39 is 0 Å². The van der Waals surface area contributed by atoms with E-state index >= 15 is 0 Å². The van der Waals surface area contributed by atoms with E-state index in [-0.39, 0.29) is 0 Å². The largest absolute Gasteiger partial charge is 0.383 e. The summed E-state index contributed by atoms with van der Waals surface area (Å²) in [6.45, 7) is 10.9. The van der Waals surface area contributed by atoms with Crippen LogP contribution in [0.25, 0.3) is 0 Å². The fourth-order valence-electron chi connectivity index (χ4n) is 1.27. The maximum atomic E-state index is 5.03. The molecule has 1 unspecified atom stereocenters. The highest BCUT2D eigenvalue weighted by molar-refractivity contribution is 4.64. The normalized spacial score (nSPS) is 13.8. The average molecular weight is 216 g/mol. The summed E-state index contributed by atoms with van der Waals surface area (Å²) in [7, 11) is 3.89. The molecule has 0 spiro atoms. The second kappa shape index (κ2) is 9.13. The molecule has 0 bridgehead atoms. The van der Waals surface area contributed by atoms with Crippen LogP contribution in [0, 0.1) is 5.92 Å². The Balaban J connectivity index is 3.30. The Morgan fingerprint density at radius 2 is 1.87 bits per heavy atom. The molecular weight excluding hydrogens is 188 g/mol. The van der Waals surface area contributed by atoms with Crippen molar-refractivity contribution < 1.29 is 4.74 Å². The van der Waals surface area contributed by atoms with E-state index in [2.05, 4.69) is 38.0 Å². The second-order valence-corrected chi connectivity index (χ2v) is 4.64. The molecule has 3 heteroatoms. The maximum Gasteiger partial charge on any atom is 0.0589 e. The summed E-state index contributed by atoms with van der Waals surface area (Å²) < 4.78 is 5.03. The van der Waals surface area contributed by atoms with E-state index in [1.54, 1.807) is 7.11 Å². The summed E-state index contributed by atoms with van der Waals surface area (Å²) in [6.07, 6.45) is 1.21. The number of likely N-dealkylation sites (N-methyl/N-ethyl adjacent to an activating group) is 1. The smallest absolute Gasteiger partial charge is 0.0589 e. The lowest BCUT2D eigenvalue weighted by molar-refractivity contribution is 0.160. The molecule has 0 aromatic rings. The van der Waals surface area contributed by atoms with Gasteiger partial charge in [-0.1, -0.05) is 13.8 Å². The summed E-state index contributed by atoms with van der Waals surface area (Å²) in [4.78, 5) is 2.31. The van der Waals surface area contributed by atoms with Gasteiger partial charge < -0.3 is 15.0 Å². The number of hydrogen-bond donors (Lipinski definition) is 1. The van der Waals surface area contributed by atoms with Crippen LogP contribution in [0.15, 0.2) is 0 Å². The second-order valence-electron chi connectivity index (χ2n) is 4.64. The Morgan fingerprint density at radius 1 is 1.20 bits per heavy atom. The van der Waals surface area contributed by atoms with Crippen LogP contribution < -0.4 is 5.32 Å². The Kier molecular flexibility index (Phi) is 9.06. The van der Waals surface area contributed by atoms with Gasteiger partial charge in [-0.2, -0.15) is 0 Å². The van der Waals surface area contributed by atoms with Crippen molar-refractivity contribution in [3.8, 4) is 0 Å². The van der Waals surface area contributed by atoms with Gasteiger partial charge in [0.25, 0.3) is 0 Å². The van der Waals surface area contributed by atoms with Crippen molar-refractivity contribution >= 4 is 0 Å². The van der Waals surface area contributed by atoms with E-state index in [4.69, 9.17) is 4.74 Å². The van der Waals surface area contributed by atoms with Gasteiger partial charge in [-0.05, 0) is 39.4 Å². The summed E-state index contributed by atoms with van der Waals surface area (Å²) in [6, 6.07) is 0.620. The molecule has 0 aliphatic rings. The molecule has 0 fully saturated rings.